The van der Waals surface area contributed by atoms with Gasteiger partial charge in [0.05, 0.1) is 5.56 Å². The number of hydrogen-bond donors (Lipinski definition) is 0. The summed E-state index contributed by atoms with van der Waals surface area (Å²) in [5.74, 6) is -1.64. The molecule has 0 saturated carbocycles. The van der Waals surface area contributed by atoms with Gasteiger partial charge < -0.3 is 0 Å². The standard InChI is InChI=1S/C14H7F5OS/c15-9-2-4-13(12(16)5-9)21-10-3-1-8(7-20)11(6-10)14(17,18)19/h1-7H. The first-order valence-electron chi connectivity index (χ1n) is 5.60. The maximum absolute atomic E-state index is 13.5. The van der Waals surface area contributed by atoms with E-state index in [1.54, 1.807) is 0 Å². The van der Waals surface area contributed by atoms with Gasteiger partial charge in [0.2, 0.25) is 0 Å². The molecule has 0 aliphatic heterocycles. The lowest BCUT2D eigenvalue weighted by Gasteiger charge is -2.11. The molecule has 0 unspecified atom stereocenters. The maximum Gasteiger partial charge on any atom is 0.417 e. The van der Waals surface area contributed by atoms with Crippen molar-refractivity contribution in [3.8, 4) is 0 Å². The van der Waals surface area contributed by atoms with E-state index in [1.165, 1.54) is 6.07 Å². The monoisotopic (exact) mass is 318 g/mol. The van der Waals surface area contributed by atoms with Crippen molar-refractivity contribution in [3.63, 3.8) is 0 Å². The molecule has 110 valence electrons. The van der Waals surface area contributed by atoms with E-state index in [4.69, 9.17) is 0 Å². The summed E-state index contributed by atoms with van der Waals surface area (Å²) >= 11 is 0.715. The molecule has 0 saturated heterocycles. The van der Waals surface area contributed by atoms with Crippen LogP contribution in [0.15, 0.2) is 46.2 Å². The van der Waals surface area contributed by atoms with Crippen LogP contribution in [-0.4, -0.2) is 6.29 Å². The normalized spacial score (nSPS) is 11.5. The molecule has 0 fully saturated rings. The van der Waals surface area contributed by atoms with Gasteiger partial charge >= 0.3 is 6.18 Å². The van der Waals surface area contributed by atoms with Crippen LogP contribution >= 0.6 is 11.8 Å². The average Bonchev–Trinajstić information content (AvgIpc) is 2.41. The first-order valence-corrected chi connectivity index (χ1v) is 6.42. The van der Waals surface area contributed by atoms with Gasteiger partial charge in [0.25, 0.3) is 0 Å². The molecule has 0 aromatic heterocycles. The van der Waals surface area contributed by atoms with Crippen LogP contribution in [0, 0.1) is 11.6 Å². The van der Waals surface area contributed by atoms with E-state index in [0.29, 0.717) is 17.8 Å². The highest BCUT2D eigenvalue weighted by atomic mass is 32.2. The third-order valence-electron chi connectivity index (χ3n) is 2.58. The summed E-state index contributed by atoms with van der Waals surface area (Å²) in [6, 6.07) is 5.84. The number of hydrogen-bond acceptors (Lipinski definition) is 2. The van der Waals surface area contributed by atoms with E-state index in [9.17, 15) is 26.7 Å². The van der Waals surface area contributed by atoms with Crippen molar-refractivity contribution in [3.05, 3.63) is 59.2 Å². The number of carbonyl (C=O) groups excluding carboxylic acids is 1. The quantitative estimate of drug-likeness (QED) is 0.588. The molecule has 0 N–H and O–H groups in total. The lowest BCUT2D eigenvalue weighted by atomic mass is 10.1. The largest absolute Gasteiger partial charge is 0.417 e. The molecule has 2 aromatic carbocycles. The van der Waals surface area contributed by atoms with Gasteiger partial charge in [0, 0.05) is 21.4 Å². The Hall–Kier alpha value is -1.89. The molecule has 2 aromatic rings. The Bertz CT molecular complexity index is 682. The van der Waals surface area contributed by atoms with Crippen LogP contribution in [0.5, 0.6) is 0 Å². The predicted molar refractivity (Wildman–Crippen MR) is 67.3 cm³/mol. The van der Waals surface area contributed by atoms with E-state index >= 15 is 0 Å². The average molecular weight is 318 g/mol. The van der Waals surface area contributed by atoms with E-state index in [0.717, 1.165) is 24.3 Å². The van der Waals surface area contributed by atoms with Crippen molar-refractivity contribution in [2.24, 2.45) is 0 Å². The Labute approximate surface area is 120 Å². The smallest absolute Gasteiger partial charge is 0.298 e. The molecule has 0 aliphatic carbocycles. The van der Waals surface area contributed by atoms with Gasteiger partial charge in [0.1, 0.15) is 11.6 Å². The summed E-state index contributed by atoms with van der Waals surface area (Å²) in [6.07, 6.45) is -4.58. The second-order valence-corrected chi connectivity index (χ2v) is 5.16. The van der Waals surface area contributed by atoms with Crippen LogP contribution in [0.3, 0.4) is 0 Å². The van der Waals surface area contributed by atoms with Crippen LogP contribution in [0.4, 0.5) is 22.0 Å². The predicted octanol–water partition coefficient (Wildman–Crippen LogP) is 4.95. The van der Waals surface area contributed by atoms with Crippen molar-refractivity contribution >= 4 is 18.0 Å². The topological polar surface area (TPSA) is 17.1 Å². The molecule has 0 radical (unpaired) electrons. The highest BCUT2D eigenvalue weighted by Crippen LogP contribution is 2.36. The Kier molecular flexibility index (Phi) is 4.32. The third-order valence-corrected chi connectivity index (χ3v) is 3.62. The second kappa shape index (κ2) is 5.85. The first kappa shape index (κ1) is 15.5. The number of alkyl halides is 3. The van der Waals surface area contributed by atoms with Gasteiger partial charge in [0.15, 0.2) is 6.29 Å². The van der Waals surface area contributed by atoms with Crippen molar-refractivity contribution in [1.82, 2.24) is 0 Å². The Morgan fingerprint density at radius 2 is 1.71 bits per heavy atom. The zero-order chi connectivity index (χ0) is 15.6. The molecule has 0 bridgehead atoms. The number of rotatable bonds is 3. The van der Waals surface area contributed by atoms with Gasteiger partial charge in [-0.25, -0.2) is 8.78 Å². The van der Waals surface area contributed by atoms with Crippen LogP contribution in [-0.2, 0) is 6.18 Å². The summed E-state index contributed by atoms with van der Waals surface area (Å²) in [6.45, 7) is 0. The maximum atomic E-state index is 13.5. The van der Waals surface area contributed by atoms with Crippen LogP contribution < -0.4 is 0 Å². The van der Waals surface area contributed by atoms with Gasteiger partial charge in [-0.3, -0.25) is 4.79 Å². The zero-order valence-corrected chi connectivity index (χ0v) is 11.1. The fourth-order valence-corrected chi connectivity index (χ4v) is 2.49. The van der Waals surface area contributed by atoms with Gasteiger partial charge in [-0.1, -0.05) is 11.8 Å². The summed E-state index contributed by atoms with van der Waals surface area (Å²) in [4.78, 5) is 10.7. The van der Waals surface area contributed by atoms with Crippen LogP contribution in [0.25, 0.3) is 0 Å². The number of carbonyl (C=O) groups is 1. The molecule has 0 aliphatic rings. The minimum absolute atomic E-state index is 0.0108. The van der Waals surface area contributed by atoms with E-state index in [1.807, 2.05) is 0 Å². The molecular formula is C14H7F5OS. The third kappa shape index (κ3) is 3.60. The molecule has 2 rings (SSSR count). The molecule has 7 heteroatoms. The van der Waals surface area contributed by atoms with E-state index < -0.39 is 28.9 Å². The van der Waals surface area contributed by atoms with Crippen molar-refractivity contribution in [2.75, 3.05) is 0 Å². The number of benzene rings is 2. The zero-order valence-electron chi connectivity index (χ0n) is 10.2. The summed E-state index contributed by atoms with van der Waals surface area (Å²) < 4.78 is 64.6. The lowest BCUT2D eigenvalue weighted by Crippen LogP contribution is -2.08. The van der Waals surface area contributed by atoms with Crippen molar-refractivity contribution in [2.45, 2.75) is 16.0 Å². The van der Waals surface area contributed by atoms with Crippen molar-refractivity contribution < 1.29 is 26.7 Å². The molecular weight excluding hydrogens is 311 g/mol. The summed E-state index contributed by atoms with van der Waals surface area (Å²) in [7, 11) is 0. The molecule has 0 spiro atoms. The molecule has 21 heavy (non-hydrogen) atoms. The minimum atomic E-state index is -4.69. The molecule has 0 heterocycles. The van der Waals surface area contributed by atoms with E-state index in [-0.39, 0.29) is 16.1 Å². The van der Waals surface area contributed by atoms with Crippen LogP contribution in [0.1, 0.15) is 15.9 Å². The number of halogens is 5. The summed E-state index contributed by atoms with van der Waals surface area (Å²) in [5, 5.41) is 0. The van der Waals surface area contributed by atoms with Gasteiger partial charge in [-0.2, -0.15) is 13.2 Å². The van der Waals surface area contributed by atoms with E-state index in [2.05, 4.69) is 0 Å². The summed E-state index contributed by atoms with van der Waals surface area (Å²) in [5.41, 5.74) is -1.59. The van der Waals surface area contributed by atoms with Crippen LogP contribution in [0.2, 0.25) is 0 Å². The highest BCUT2D eigenvalue weighted by Gasteiger charge is 2.33. The first-order chi connectivity index (χ1) is 9.81. The molecule has 0 atom stereocenters. The van der Waals surface area contributed by atoms with Gasteiger partial charge in [-0.05, 0) is 30.3 Å². The SMILES string of the molecule is O=Cc1ccc(Sc2ccc(F)cc2F)cc1C(F)(F)F. The lowest BCUT2D eigenvalue weighted by molar-refractivity contribution is -0.138. The Balaban J connectivity index is 2.39. The fourth-order valence-electron chi connectivity index (χ4n) is 1.63. The van der Waals surface area contributed by atoms with Gasteiger partial charge in [-0.15, -0.1) is 0 Å². The Morgan fingerprint density at radius 3 is 2.29 bits per heavy atom. The molecule has 0 amide bonds. The highest BCUT2D eigenvalue weighted by molar-refractivity contribution is 7.99. The van der Waals surface area contributed by atoms with Crippen molar-refractivity contribution in [1.29, 1.82) is 0 Å². The second-order valence-electron chi connectivity index (χ2n) is 4.04. The number of aldehydes is 1. The minimum Gasteiger partial charge on any atom is -0.298 e. The fraction of sp³-hybridized carbons (Fsp3) is 0.0714. The molecule has 1 nitrogen and oxygen atoms in total. The Morgan fingerprint density at radius 1 is 1.00 bits per heavy atom.